The molecule has 0 saturated carbocycles. The summed E-state index contributed by atoms with van der Waals surface area (Å²) in [7, 11) is 0. The second-order valence-electron chi connectivity index (χ2n) is 5.58. The molecule has 0 saturated heterocycles. The van der Waals surface area contributed by atoms with Crippen molar-refractivity contribution in [3.05, 3.63) is 65.4 Å². The fourth-order valence-electron chi connectivity index (χ4n) is 2.53. The van der Waals surface area contributed by atoms with Crippen molar-refractivity contribution < 1.29 is 14.3 Å². The minimum absolute atomic E-state index is 0.187. The number of aromatic nitrogens is 2. The summed E-state index contributed by atoms with van der Waals surface area (Å²) in [5.74, 6) is -0.843. The van der Waals surface area contributed by atoms with E-state index >= 15 is 0 Å². The second-order valence-corrected chi connectivity index (χ2v) is 5.58. The Labute approximate surface area is 139 Å². The molecule has 1 unspecified atom stereocenters. The van der Waals surface area contributed by atoms with Gasteiger partial charge in [0, 0.05) is 10.9 Å². The molecule has 1 N–H and O–H groups in total. The third-order valence-corrected chi connectivity index (χ3v) is 3.96. The van der Waals surface area contributed by atoms with E-state index in [0.29, 0.717) is 10.9 Å². The first-order valence-corrected chi connectivity index (χ1v) is 7.87. The number of Topliss-reactive ketones (excluding diaryl/α,β-unsaturated/α-hetero) is 1. The fraction of sp³-hybridized carbons (Fsp3) is 0.211. The number of carbonyl (C=O) groups is 2. The molecular formula is C19H18N2O3. The lowest BCUT2D eigenvalue weighted by Crippen LogP contribution is -2.24. The van der Waals surface area contributed by atoms with Crippen LogP contribution in [0.4, 0.5) is 0 Å². The van der Waals surface area contributed by atoms with Gasteiger partial charge in [-0.1, -0.05) is 49.4 Å². The van der Waals surface area contributed by atoms with E-state index in [-0.39, 0.29) is 11.5 Å². The number of esters is 1. The molecule has 0 radical (unpaired) electrons. The van der Waals surface area contributed by atoms with E-state index in [1.165, 1.54) is 0 Å². The average Bonchev–Trinajstić information content (AvgIpc) is 3.05. The van der Waals surface area contributed by atoms with Gasteiger partial charge in [-0.25, -0.2) is 4.79 Å². The highest BCUT2D eigenvalue weighted by molar-refractivity contribution is 6.04. The topological polar surface area (TPSA) is 72.1 Å². The van der Waals surface area contributed by atoms with Gasteiger partial charge in [-0.3, -0.25) is 9.89 Å². The van der Waals surface area contributed by atoms with Crippen LogP contribution in [-0.2, 0) is 11.2 Å². The van der Waals surface area contributed by atoms with Crippen LogP contribution in [0.5, 0.6) is 0 Å². The van der Waals surface area contributed by atoms with Crippen LogP contribution in [0, 0.1) is 0 Å². The molecule has 0 aliphatic heterocycles. The maximum atomic E-state index is 12.4. The highest BCUT2D eigenvalue weighted by atomic mass is 16.5. The van der Waals surface area contributed by atoms with Gasteiger partial charge < -0.3 is 4.74 Å². The highest BCUT2D eigenvalue weighted by Crippen LogP contribution is 2.17. The van der Waals surface area contributed by atoms with Gasteiger partial charge in [0.15, 0.2) is 11.8 Å². The minimum atomic E-state index is -0.875. The highest BCUT2D eigenvalue weighted by Gasteiger charge is 2.23. The number of aromatic amines is 1. The minimum Gasteiger partial charge on any atom is -0.449 e. The smallest absolute Gasteiger partial charge is 0.360 e. The number of ether oxygens (including phenoxy) is 1. The molecule has 0 fully saturated rings. The summed E-state index contributed by atoms with van der Waals surface area (Å²) in [5, 5.41) is 7.45. The van der Waals surface area contributed by atoms with E-state index in [1.54, 1.807) is 25.1 Å². The van der Waals surface area contributed by atoms with Gasteiger partial charge in [-0.15, -0.1) is 0 Å². The van der Waals surface area contributed by atoms with Crippen molar-refractivity contribution in [1.29, 1.82) is 0 Å². The number of carbonyl (C=O) groups excluding carboxylic acids is 2. The van der Waals surface area contributed by atoms with E-state index in [4.69, 9.17) is 4.74 Å². The Bertz CT molecular complexity index is 881. The molecular weight excluding hydrogens is 304 g/mol. The standard InChI is InChI=1S/C19H18N2O3/c1-3-13-8-10-14(11-9-13)18(22)12(2)24-19(23)17-15-6-4-5-7-16(15)20-21-17/h4-12H,3H2,1-2H3,(H,20,21). The van der Waals surface area contributed by atoms with Crippen molar-refractivity contribution in [2.45, 2.75) is 26.4 Å². The number of aryl methyl sites for hydroxylation is 1. The monoisotopic (exact) mass is 322 g/mol. The second kappa shape index (κ2) is 6.66. The summed E-state index contributed by atoms with van der Waals surface area (Å²) in [6.45, 7) is 3.62. The fourth-order valence-corrected chi connectivity index (χ4v) is 2.53. The van der Waals surface area contributed by atoms with Crippen LogP contribution in [0.2, 0.25) is 0 Å². The van der Waals surface area contributed by atoms with Crippen LogP contribution in [0.1, 0.15) is 40.3 Å². The van der Waals surface area contributed by atoms with Gasteiger partial charge in [-0.05, 0) is 25.0 Å². The molecule has 1 atom stereocenters. The molecule has 122 valence electrons. The molecule has 24 heavy (non-hydrogen) atoms. The molecule has 5 nitrogen and oxygen atoms in total. The van der Waals surface area contributed by atoms with Crippen LogP contribution in [0.25, 0.3) is 10.9 Å². The van der Waals surface area contributed by atoms with E-state index in [2.05, 4.69) is 17.1 Å². The zero-order valence-electron chi connectivity index (χ0n) is 13.6. The van der Waals surface area contributed by atoms with Crippen molar-refractivity contribution in [2.24, 2.45) is 0 Å². The first-order chi connectivity index (χ1) is 11.6. The molecule has 3 aromatic rings. The SMILES string of the molecule is CCc1ccc(C(=O)C(C)OC(=O)c2n[nH]c3ccccc23)cc1. The molecule has 1 heterocycles. The molecule has 2 aromatic carbocycles. The van der Waals surface area contributed by atoms with E-state index in [0.717, 1.165) is 17.5 Å². The van der Waals surface area contributed by atoms with Gasteiger partial charge in [-0.2, -0.15) is 5.10 Å². The van der Waals surface area contributed by atoms with Crippen LogP contribution in [-0.4, -0.2) is 28.1 Å². The van der Waals surface area contributed by atoms with Crippen molar-refractivity contribution in [2.75, 3.05) is 0 Å². The summed E-state index contributed by atoms with van der Waals surface area (Å²) in [6, 6.07) is 14.6. The normalized spacial score (nSPS) is 12.1. The Hall–Kier alpha value is -2.95. The number of H-pyrrole nitrogens is 1. The molecule has 0 bridgehead atoms. The Morgan fingerprint density at radius 2 is 1.83 bits per heavy atom. The molecule has 0 aliphatic carbocycles. The first kappa shape index (κ1) is 15.9. The van der Waals surface area contributed by atoms with E-state index in [9.17, 15) is 9.59 Å². The summed E-state index contributed by atoms with van der Waals surface area (Å²) in [6.07, 6.45) is 0.0334. The number of para-hydroxylation sites is 1. The number of benzene rings is 2. The van der Waals surface area contributed by atoms with Crippen molar-refractivity contribution in [3.8, 4) is 0 Å². The van der Waals surface area contributed by atoms with Crippen LogP contribution in [0.15, 0.2) is 48.5 Å². The van der Waals surface area contributed by atoms with Gasteiger partial charge in [0.25, 0.3) is 0 Å². The average molecular weight is 322 g/mol. The van der Waals surface area contributed by atoms with E-state index < -0.39 is 12.1 Å². The lowest BCUT2D eigenvalue weighted by Gasteiger charge is -2.12. The van der Waals surface area contributed by atoms with Crippen LogP contribution < -0.4 is 0 Å². The number of hydrogen-bond acceptors (Lipinski definition) is 4. The molecule has 0 amide bonds. The lowest BCUT2D eigenvalue weighted by atomic mass is 10.0. The molecule has 3 rings (SSSR count). The molecule has 5 heteroatoms. The predicted molar refractivity (Wildman–Crippen MR) is 91.1 cm³/mol. The maximum absolute atomic E-state index is 12.4. The van der Waals surface area contributed by atoms with Crippen LogP contribution in [0.3, 0.4) is 0 Å². The largest absolute Gasteiger partial charge is 0.449 e. The summed E-state index contributed by atoms with van der Waals surface area (Å²) >= 11 is 0. The Kier molecular flexibility index (Phi) is 4.42. The third-order valence-electron chi connectivity index (χ3n) is 3.96. The number of fused-ring (bicyclic) bond motifs is 1. The zero-order chi connectivity index (χ0) is 17.1. The van der Waals surface area contributed by atoms with E-state index in [1.807, 2.05) is 30.3 Å². The van der Waals surface area contributed by atoms with Gasteiger partial charge in [0.05, 0.1) is 5.52 Å². The van der Waals surface area contributed by atoms with Crippen LogP contribution >= 0.6 is 0 Å². The Balaban J connectivity index is 1.74. The zero-order valence-corrected chi connectivity index (χ0v) is 13.6. The summed E-state index contributed by atoms with van der Waals surface area (Å²) in [4.78, 5) is 24.7. The third kappa shape index (κ3) is 3.06. The maximum Gasteiger partial charge on any atom is 0.360 e. The lowest BCUT2D eigenvalue weighted by molar-refractivity contribution is 0.0315. The number of nitrogens with one attached hydrogen (secondary N) is 1. The Morgan fingerprint density at radius 1 is 1.12 bits per heavy atom. The first-order valence-electron chi connectivity index (χ1n) is 7.87. The summed E-state index contributed by atoms with van der Waals surface area (Å²) in [5.41, 5.74) is 2.61. The van der Waals surface area contributed by atoms with Crippen molar-refractivity contribution >= 4 is 22.7 Å². The predicted octanol–water partition coefficient (Wildman–Crippen LogP) is 3.55. The van der Waals surface area contributed by atoms with Crippen molar-refractivity contribution in [1.82, 2.24) is 10.2 Å². The number of ketones is 1. The molecule has 0 aliphatic rings. The number of hydrogen-bond donors (Lipinski definition) is 1. The number of nitrogens with zero attached hydrogens (tertiary/aromatic N) is 1. The van der Waals surface area contributed by atoms with Gasteiger partial charge in [0.2, 0.25) is 5.78 Å². The molecule has 1 aromatic heterocycles. The summed E-state index contributed by atoms with van der Waals surface area (Å²) < 4.78 is 5.30. The van der Waals surface area contributed by atoms with Gasteiger partial charge >= 0.3 is 5.97 Å². The quantitative estimate of drug-likeness (QED) is 0.576. The Morgan fingerprint density at radius 3 is 2.54 bits per heavy atom. The van der Waals surface area contributed by atoms with Gasteiger partial charge in [0.1, 0.15) is 0 Å². The van der Waals surface area contributed by atoms with Crippen molar-refractivity contribution in [3.63, 3.8) is 0 Å². The number of rotatable bonds is 5. The molecule has 0 spiro atoms.